The Labute approximate surface area is 145 Å². The lowest BCUT2D eigenvalue weighted by Gasteiger charge is -2.13. The number of benzene rings is 2. The van der Waals surface area contributed by atoms with Gasteiger partial charge in [-0.15, -0.1) is 23.2 Å². The Hall–Kier alpha value is -1.36. The van der Waals surface area contributed by atoms with Crippen LogP contribution in [0.1, 0.15) is 11.1 Å². The van der Waals surface area contributed by atoms with Crippen LogP contribution in [0.2, 0.25) is 0 Å². The predicted molar refractivity (Wildman–Crippen MR) is 94.2 cm³/mol. The zero-order valence-electron chi connectivity index (χ0n) is 12.4. The molecule has 0 saturated heterocycles. The van der Waals surface area contributed by atoms with Crippen molar-refractivity contribution in [2.45, 2.75) is 4.90 Å². The van der Waals surface area contributed by atoms with Gasteiger partial charge in [0.1, 0.15) is 5.82 Å². The molecule has 0 radical (unpaired) electrons. The lowest BCUT2D eigenvalue weighted by molar-refractivity contribution is 0.602. The third kappa shape index (κ3) is 4.34. The van der Waals surface area contributed by atoms with Crippen LogP contribution in [0.25, 0.3) is 11.1 Å². The summed E-state index contributed by atoms with van der Waals surface area (Å²) in [7, 11) is -3.25. The van der Waals surface area contributed by atoms with Crippen molar-refractivity contribution in [3.05, 3.63) is 65.5 Å². The summed E-state index contributed by atoms with van der Waals surface area (Å²) in [6.45, 7) is 0. The summed E-state index contributed by atoms with van der Waals surface area (Å²) in [5.41, 5.74) is 3.14. The van der Waals surface area contributed by atoms with Crippen molar-refractivity contribution in [2.75, 3.05) is 18.0 Å². The molecular weight excluding hydrogens is 358 g/mol. The van der Waals surface area contributed by atoms with E-state index in [9.17, 15) is 12.8 Å². The molecule has 0 aromatic heterocycles. The van der Waals surface area contributed by atoms with E-state index in [0.29, 0.717) is 0 Å². The van der Waals surface area contributed by atoms with Gasteiger partial charge in [0.25, 0.3) is 0 Å². The van der Waals surface area contributed by atoms with Crippen LogP contribution in [0.3, 0.4) is 0 Å². The molecule has 0 bridgehead atoms. The van der Waals surface area contributed by atoms with E-state index in [1.54, 1.807) is 24.3 Å². The molecule has 0 aliphatic carbocycles. The molecule has 2 aromatic rings. The second-order valence-corrected chi connectivity index (χ2v) is 7.58. The molecule has 0 amide bonds. The second-order valence-electron chi connectivity index (χ2n) is 5.03. The minimum atomic E-state index is -3.25. The van der Waals surface area contributed by atoms with Gasteiger partial charge in [0.15, 0.2) is 9.84 Å². The molecule has 0 atom stereocenters. The minimum Gasteiger partial charge on any atom is -0.224 e. The van der Waals surface area contributed by atoms with Gasteiger partial charge in [-0.1, -0.05) is 24.3 Å². The van der Waals surface area contributed by atoms with Crippen molar-refractivity contribution < 1.29 is 12.8 Å². The summed E-state index contributed by atoms with van der Waals surface area (Å²) in [6.07, 6.45) is 1.16. The second kappa shape index (κ2) is 7.47. The first-order chi connectivity index (χ1) is 10.9. The molecule has 122 valence electrons. The van der Waals surface area contributed by atoms with E-state index < -0.39 is 9.84 Å². The Kier molecular flexibility index (Phi) is 5.84. The average Bonchev–Trinajstić information content (AvgIpc) is 2.53. The summed E-state index contributed by atoms with van der Waals surface area (Å²) in [5.74, 6) is 0.0895. The Balaban J connectivity index is 2.53. The van der Waals surface area contributed by atoms with Gasteiger partial charge in [-0.2, -0.15) is 0 Å². The zero-order chi connectivity index (χ0) is 17.0. The van der Waals surface area contributed by atoms with Crippen LogP contribution in [-0.4, -0.2) is 26.4 Å². The fourth-order valence-electron chi connectivity index (χ4n) is 2.22. The first-order valence-corrected chi connectivity index (χ1v) is 9.73. The maximum Gasteiger partial charge on any atom is 0.175 e. The summed E-state index contributed by atoms with van der Waals surface area (Å²) in [4.78, 5) is 0.240. The summed E-state index contributed by atoms with van der Waals surface area (Å²) < 4.78 is 36.1. The molecule has 0 N–H and O–H groups in total. The lowest BCUT2D eigenvalue weighted by Crippen LogP contribution is -1.99. The van der Waals surface area contributed by atoms with Crippen LogP contribution in [0.15, 0.2) is 53.4 Å². The van der Waals surface area contributed by atoms with Gasteiger partial charge >= 0.3 is 0 Å². The number of hydrogen-bond acceptors (Lipinski definition) is 2. The molecule has 0 fully saturated rings. The number of sulfone groups is 1. The Morgan fingerprint density at radius 3 is 1.61 bits per heavy atom. The van der Waals surface area contributed by atoms with Crippen LogP contribution in [0.5, 0.6) is 0 Å². The highest BCUT2D eigenvalue weighted by atomic mass is 35.5. The van der Waals surface area contributed by atoms with Crippen LogP contribution >= 0.6 is 23.2 Å². The van der Waals surface area contributed by atoms with Crippen molar-refractivity contribution in [3.63, 3.8) is 0 Å². The Bertz CT molecular complexity index is 811. The van der Waals surface area contributed by atoms with Gasteiger partial charge in [0.2, 0.25) is 0 Å². The number of halogens is 3. The number of allylic oxidation sites excluding steroid dienone is 2. The third-order valence-corrected chi connectivity index (χ3v) is 5.12. The van der Waals surface area contributed by atoms with Gasteiger partial charge in [-0.25, -0.2) is 12.8 Å². The maximum absolute atomic E-state index is 13.1. The van der Waals surface area contributed by atoms with E-state index >= 15 is 0 Å². The summed E-state index contributed by atoms with van der Waals surface area (Å²) in [6, 6.07) is 12.5. The SMILES string of the molecule is CS(=O)(=O)c1ccc(/C(CCl)=C(\CCl)c2ccc(F)cc2)cc1. The number of alkyl halides is 2. The van der Waals surface area contributed by atoms with E-state index in [4.69, 9.17) is 23.2 Å². The average molecular weight is 373 g/mol. The molecule has 0 aliphatic rings. The number of rotatable bonds is 5. The van der Waals surface area contributed by atoms with Gasteiger partial charge in [-0.05, 0) is 46.5 Å². The van der Waals surface area contributed by atoms with E-state index in [1.807, 2.05) is 0 Å². The van der Waals surface area contributed by atoms with E-state index in [0.717, 1.165) is 28.5 Å². The number of hydrogen-bond donors (Lipinski definition) is 0. The topological polar surface area (TPSA) is 34.1 Å². The predicted octanol–water partition coefficient (Wildman–Crippen LogP) is 4.62. The van der Waals surface area contributed by atoms with Crippen molar-refractivity contribution >= 4 is 44.2 Å². The standard InChI is InChI=1S/C17H15Cl2FO2S/c1-23(21,22)15-8-4-13(5-9-15)17(11-19)16(10-18)12-2-6-14(20)7-3-12/h2-9H,10-11H2,1H3/b17-16+. The largest absolute Gasteiger partial charge is 0.224 e. The van der Waals surface area contributed by atoms with Crippen molar-refractivity contribution in [2.24, 2.45) is 0 Å². The zero-order valence-corrected chi connectivity index (χ0v) is 14.7. The first kappa shape index (κ1) is 18.0. The van der Waals surface area contributed by atoms with Crippen molar-refractivity contribution in [1.82, 2.24) is 0 Å². The van der Waals surface area contributed by atoms with Crippen LogP contribution in [-0.2, 0) is 9.84 Å². The van der Waals surface area contributed by atoms with Gasteiger partial charge in [0.05, 0.1) is 4.90 Å². The van der Waals surface area contributed by atoms with Crippen LogP contribution in [0, 0.1) is 5.82 Å². The van der Waals surface area contributed by atoms with E-state index in [1.165, 1.54) is 24.3 Å². The van der Waals surface area contributed by atoms with Gasteiger partial charge in [0, 0.05) is 18.0 Å². The molecule has 0 unspecified atom stereocenters. The van der Waals surface area contributed by atoms with E-state index in [-0.39, 0.29) is 22.5 Å². The first-order valence-electron chi connectivity index (χ1n) is 6.77. The molecule has 23 heavy (non-hydrogen) atoms. The Morgan fingerprint density at radius 1 is 0.870 bits per heavy atom. The molecule has 0 heterocycles. The third-order valence-electron chi connectivity index (χ3n) is 3.46. The highest BCUT2D eigenvalue weighted by molar-refractivity contribution is 7.90. The molecule has 0 spiro atoms. The maximum atomic E-state index is 13.1. The summed E-state index contributed by atoms with van der Waals surface area (Å²) in [5, 5.41) is 0. The minimum absolute atomic E-state index is 0.206. The molecular formula is C17H15Cl2FO2S. The molecule has 0 aliphatic heterocycles. The van der Waals surface area contributed by atoms with Crippen molar-refractivity contribution in [1.29, 1.82) is 0 Å². The fraction of sp³-hybridized carbons (Fsp3) is 0.176. The monoisotopic (exact) mass is 372 g/mol. The van der Waals surface area contributed by atoms with Crippen LogP contribution in [0.4, 0.5) is 4.39 Å². The fourth-order valence-corrected chi connectivity index (χ4v) is 3.48. The van der Waals surface area contributed by atoms with Gasteiger partial charge < -0.3 is 0 Å². The highest BCUT2D eigenvalue weighted by Crippen LogP contribution is 2.29. The molecule has 2 rings (SSSR count). The normalized spacial score (nSPS) is 12.9. The molecule has 6 heteroatoms. The van der Waals surface area contributed by atoms with Crippen molar-refractivity contribution in [3.8, 4) is 0 Å². The lowest BCUT2D eigenvalue weighted by atomic mass is 9.97. The molecule has 2 aromatic carbocycles. The van der Waals surface area contributed by atoms with Gasteiger partial charge in [-0.3, -0.25) is 0 Å². The Morgan fingerprint density at radius 2 is 1.26 bits per heavy atom. The smallest absolute Gasteiger partial charge is 0.175 e. The van der Waals surface area contributed by atoms with Crippen LogP contribution < -0.4 is 0 Å². The molecule has 0 saturated carbocycles. The summed E-state index contributed by atoms with van der Waals surface area (Å²) >= 11 is 12.1. The van der Waals surface area contributed by atoms with E-state index in [2.05, 4.69) is 0 Å². The quantitative estimate of drug-likeness (QED) is 0.566. The molecule has 2 nitrogen and oxygen atoms in total. The highest BCUT2D eigenvalue weighted by Gasteiger charge is 2.12.